The summed E-state index contributed by atoms with van der Waals surface area (Å²) in [6.07, 6.45) is 4.07. The highest BCUT2D eigenvalue weighted by Crippen LogP contribution is 2.16. The van der Waals surface area contributed by atoms with E-state index < -0.39 is 5.76 Å². The lowest BCUT2D eigenvalue weighted by Crippen LogP contribution is -2.34. The number of nitrogens with one attached hydrogen (secondary N) is 1. The number of nitrogens with zero attached hydrogens (tertiary/aromatic N) is 2. The quantitative estimate of drug-likeness (QED) is 0.694. The number of benzene rings is 1. The third kappa shape index (κ3) is 4.29. The molecular weight excluding hydrogens is 322 g/mol. The van der Waals surface area contributed by atoms with E-state index in [-0.39, 0.29) is 19.1 Å². The summed E-state index contributed by atoms with van der Waals surface area (Å²) < 4.78 is 6.47. The molecular formula is C18H25N3O4. The number of fused-ring (bicyclic) bond motifs is 1. The number of oxazole rings is 1. The molecule has 7 nitrogen and oxygen atoms in total. The van der Waals surface area contributed by atoms with Crippen LogP contribution in [0.2, 0.25) is 0 Å². The predicted molar refractivity (Wildman–Crippen MR) is 94.4 cm³/mol. The molecule has 2 aromatic rings. The van der Waals surface area contributed by atoms with Gasteiger partial charge in [0.15, 0.2) is 5.58 Å². The van der Waals surface area contributed by atoms with Gasteiger partial charge in [0.1, 0.15) is 6.54 Å². The van der Waals surface area contributed by atoms with Crippen molar-refractivity contribution in [3.8, 4) is 0 Å². The molecule has 1 atom stereocenters. The summed E-state index contributed by atoms with van der Waals surface area (Å²) in [6, 6.07) is 7.38. The van der Waals surface area contributed by atoms with Crippen molar-refractivity contribution >= 4 is 17.0 Å². The molecule has 0 spiro atoms. The maximum absolute atomic E-state index is 12.1. The molecule has 1 amide bonds. The second-order valence-corrected chi connectivity index (χ2v) is 6.49. The maximum atomic E-state index is 12.1. The van der Waals surface area contributed by atoms with Crippen molar-refractivity contribution in [1.82, 2.24) is 14.8 Å². The molecule has 1 fully saturated rings. The van der Waals surface area contributed by atoms with Gasteiger partial charge in [-0.15, -0.1) is 0 Å². The van der Waals surface area contributed by atoms with E-state index in [4.69, 9.17) is 4.42 Å². The smallest absolute Gasteiger partial charge is 0.408 e. The van der Waals surface area contributed by atoms with Gasteiger partial charge in [0.2, 0.25) is 5.91 Å². The number of aliphatic hydroxyl groups is 1. The fourth-order valence-corrected chi connectivity index (χ4v) is 3.43. The number of likely N-dealkylation sites (tertiary alicyclic amines) is 1. The topological polar surface area (TPSA) is 87.7 Å². The molecule has 3 rings (SSSR count). The van der Waals surface area contributed by atoms with Crippen LogP contribution in [0.3, 0.4) is 0 Å². The van der Waals surface area contributed by atoms with Crippen LogP contribution in [0.15, 0.2) is 33.5 Å². The van der Waals surface area contributed by atoms with Crippen molar-refractivity contribution in [3.05, 3.63) is 34.8 Å². The predicted octanol–water partition coefficient (Wildman–Crippen LogP) is 0.948. The van der Waals surface area contributed by atoms with Crippen molar-refractivity contribution in [3.63, 3.8) is 0 Å². The minimum atomic E-state index is -0.513. The zero-order chi connectivity index (χ0) is 17.6. The standard InChI is InChI=1S/C18H25N3O4/c22-13-14-6-5-11-20(14)10-4-3-9-19-17(23)12-21-15-7-1-2-8-16(15)25-18(21)24/h1-2,7-8,14,22H,3-6,9-13H2,(H,19,23). The summed E-state index contributed by atoms with van der Waals surface area (Å²) in [7, 11) is 0. The van der Waals surface area contributed by atoms with E-state index in [0.717, 1.165) is 38.8 Å². The summed E-state index contributed by atoms with van der Waals surface area (Å²) in [6.45, 7) is 2.78. The number of aliphatic hydroxyl groups excluding tert-OH is 1. The zero-order valence-corrected chi connectivity index (χ0v) is 14.3. The summed E-state index contributed by atoms with van der Waals surface area (Å²) in [4.78, 5) is 26.2. The van der Waals surface area contributed by atoms with E-state index in [1.165, 1.54) is 4.57 Å². The summed E-state index contributed by atoms with van der Waals surface area (Å²) >= 11 is 0. The molecule has 136 valence electrons. The van der Waals surface area contributed by atoms with E-state index in [2.05, 4.69) is 10.2 Å². The number of amides is 1. The molecule has 1 unspecified atom stereocenters. The molecule has 0 aliphatic carbocycles. The Morgan fingerprint density at radius 3 is 3.00 bits per heavy atom. The number of carbonyl (C=O) groups excluding carboxylic acids is 1. The molecule has 0 radical (unpaired) electrons. The van der Waals surface area contributed by atoms with Crippen molar-refractivity contribution in [2.45, 2.75) is 38.3 Å². The first-order chi connectivity index (χ1) is 12.2. The second-order valence-electron chi connectivity index (χ2n) is 6.49. The molecule has 1 aliphatic rings. The molecule has 0 bridgehead atoms. The number of para-hydroxylation sites is 2. The number of unbranched alkanes of at least 4 members (excludes halogenated alkanes) is 1. The minimum absolute atomic E-state index is 0.0332. The first-order valence-electron chi connectivity index (χ1n) is 8.89. The van der Waals surface area contributed by atoms with Gasteiger partial charge >= 0.3 is 5.76 Å². The van der Waals surface area contributed by atoms with E-state index in [1.54, 1.807) is 18.2 Å². The Kier molecular flexibility index (Phi) is 5.88. The van der Waals surface area contributed by atoms with Gasteiger partial charge in [0.25, 0.3) is 0 Å². The summed E-state index contributed by atoms with van der Waals surface area (Å²) in [5, 5.41) is 12.2. The molecule has 1 saturated heterocycles. The van der Waals surface area contributed by atoms with Crippen LogP contribution in [0.4, 0.5) is 0 Å². The molecule has 1 aromatic heterocycles. The highest BCUT2D eigenvalue weighted by Gasteiger charge is 2.22. The van der Waals surface area contributed by atoms with Gasteiger partial charge in [-0.2, -0.15) is 0 Å². The zero-order valence-electron chi connectivity index (χ0n) is 14.3. The van der Waals surface area contributed by atoms with Crippen LogP contribution in [0.25, 0.3) is 11.1 Å². The van der Waals surface area contributed by atoms with Crippen LogP contribution in [0, 0.1) is 0 Å². The van der Waals surface area contributed by atoms with E-state index in [0.29, 0.717) is 23.7 Å². The van der Waals surface area contributed by atoms with Crippen LogP contribution >= 0.6 is 0 Å². The Morgan fingerprint density at radius 2 is 2.16 bits per heavy atom. The maximum Gasteiger partial charge on any atom is 0.420 e. The molecule has 2 heterocycles. The molecule has 1 aliphatic heterocycles. The SMILES string of the molecule is O=C(Cn1c(=O)oc2ccccc21)NCCCCN1CCCC1CO. The lowest BCUT2D eigenvalue weighted by atomic mass is 10.2. The van der Waals surface area contributed by atoms with Crippen LogP contribution < -0.4 is 11.1 Å². The Bertz CT molecular complexity index is 767. The van der Waals surface area contributed by atoms with Gasteiger partial charge in [-0.05, 0) is 50.9 Å². The van der Waals surface area contributed by atoms with Crippen molar-refractivity contribution in [2.75, 3.05) is 26.2 Å². The molecule has 2 N–H and O–H groups in total. The van der Waals surface area contributed by atoms with Gasteiger partial charge in [-0.3, -0.25) is 14.3 Å². The van der Waals surface area contributed by atoms with Gasteiger partial charge < -0.3 is 14.8 Å². The number of hydrogen-bond acceptors (Lipinski definition) is 5. The fraction of sp³-hybridized carbons (Fsp3) is 0.556. The first kappa shape index (κ1) is 17.7. The molecule has 1 aromatic carbocycles. The van der Waals surface area contributed by atoms with Gasteiger partial charge in [-0.25, -0.2) is 4.79 Å². The Hall–Kier alpha value is -2.12. The van der Waals surface area contributed by atoms with E-state index in [1.807, 2.05) is 6.07 Å². The van der Waals surface area contributed by atoms with Gasteiger partial charge in [-0.1, -0.05) is 12.1 Å². The lowest BCUT2D eigenvalue weighted by Gasteiger charge is -2.22. The summed E-state index contributed by atoms with van der Waals surface area (Å²) in [5.74, 6) is -0.705. The van der Waals surface area contributed by atoms with E-state index in [9.17, 15) is 14.7 Å². The highest BCUT2D eigenvalue weighted by atomic mass is 16.4. The summed E-state index contributed by atoms with van der Waals surface area (Å²) in [5.41, 5.74) is 1.12. The van der Waals surface area contributed by atoms with Crippen LogP contribution in [0.1, 0.15) is 25.7 Å². The van der Waals surface area contributed by atoms with Crippen molar-refractivity contribution < 1.29 is 14.3 Å². The van der Waals surface area contributed by atoms with Crippen LogP contribution in [-0.4, -0.2) is 52.8 Å². The average Bonchev–Trinajstić information content (AvgIpc) is 3.19. The van der Waals surface area contributed by atoms with Gasteiger partial charge in [0.05, 0.1) is 12.1 Å². The largest absolute Gasteiger partial charge is 0.420 e. The lowest BCUT2D eigenvalue weighted by molar-refractivity contribution is -0.121. The van der Waals surface area contributed by atoms with Crippen molar-refractivity contribution in [2.24, 2.45) is 0 Å². The molecule has 25 heavy (non-hydrogen) atoms. The average molecular weight is 347 g/mol. The molecule has 7 heteroatoms. The third-order valence-corrected chi connectivity index (χ3v) is 4.78. The fourth-order valence-electron chi connectivity index (χ4n) is 3.43. The minimum Gasteiger partial charge on any atom is -0.408 e. The number of rotatable bonds is 8. The number of carbonyl (C=O) groups is 1. The first-order valence-corrected chi connectivity index (χ1v) is 8.89. The van der Waals surface area contributed by atoms with Crippen LogP contribution in [-0.2, 0) is 11.3 Å². The Balaban J connectivity index is 1.41. The Morgan fingerprint density at radius 1 is 1.32 bits per heavy atom. The monoisotopic (exact) mass is 347 g/mol. The highest BCUT2D eigenvalue weighted by molar-refractivity contribution is 5.79. The number of aromatic nitrogens is 1. The number of hydrogen-bond donors (Lipinski definition) is 2. The third-order valence-electron chi connectivity index (χ3n) is 4.78. The van der Waals surface area contributed by atoms with E-state index >= 15 is 0 Å². The second kappa shape index (κ2) is 8.31. The molecule has 0 saturated carbocycles. The normalized spacial score (nSPS) is 18.0. The Labute approximate surface area is 146 Å². The van der Waals surface area contributed by atoms with Crippen LogP contribution in [0.5, 0.6) is 0 Å². The van der Waals surface area contributed by atoms with Crippen molar-refractivity contribution in [1.29, 1.82) is 0 Å². The van der Waals surface area contributed by atoms with Gasteiger partial charge in [0, 0.05) is 12.6 Å².